The summed E-state index contributed by atoms with van der Waals surface area (Å²) in [4.78, 5) is 32.3. The van der Waals surface area contributed by atoms with Crippen LogP contribution in [0, 0.1) is 17.6 Å². The molecule has 3 aromatic rings. The summed E-state index contributed by atoms with van der Waals surface area (Å²) in [5.74, 6) is -3.30. The van der Waals surface area contributed by atoms with Crippen LogP contribution in [0.2, 0.25) is 15.1 Å². The Balaban J connectivity index is 1.60. The maximum absolute atomic E-state index is 14.7. The van der Waals surface area contributed by atoms with Gasteiger partial charge in [-0.1, -0.05) is 47.8 Å². The zero-order chi connectivity index (χ0) is 28.7. The van der Waals surface area contributed by atoms with E-state index in [2.05, 4.69) is 10.3 Å². The number of carbonyl (C=O) groups excluding carboxylic acids is 2. The van der Waals surface area contributed by atoms with E-state index in [0.29, 0.717) is 35.4 Å². The molecule has 2 aliphatic heterocycles. The topological polar surface area (TPSA) is 82.5 Å². The highest BCUT2D eigenvalue weighted by atomic mass is 35.5. The molecule has 0 spiro atoms. The minimum atomic E-state index is -0.914. The van der Waals surface area contributed by atoms with Crippen LogP contribution in [0.1, 0.15) is 37.4 Å². The highest BCUT2D eigenvalue weighted by Gasteiger charge is 2.28. The van der Waals surface area contributed by atoms with Gasteiger partial charge in [-0.25, -0.2) is 8.78 Å². The third-order valence-corrected chi connectivity index (χ3v) is 7.93. The predicted molar refractivity (Wildman–Crippen MR) is 152 cm³/mol. The number of allylic oxidation sites excluding steroid dienone is 1. The van der Waals surface area contributed by atoms with Crippen LogP contribution >= 0.6 is 34.8 Å². The molecule has 1 atom stereocenters. The number of benzene rings is 2. The number of nitrogens with zero attached hydrogens (tertiary/aromatic N) is 2. The first-order valence-corrected chi connectivity index (χ1v) is 13.5. The summed E-state index contributed by atoms with van der Waals surface area (Å²) in [7, 11) is 0. The quantitative estimate of drug-likeness (QED) is 0.294. The Morgan fingerprint density at radius 2 is 1.88 bits per heavy atom. The van der Waals surface area contributed by atoms with E-state index in [9.17, 15) is 23.5 Å². The molecule has 0 saturated heterocycles. The van der Waals surface area contributed by atoms with Crippen LogP contribution in [0.3, 0.4) is 0 Å². The fourth-order valence-electron chi connectivity index (χ4n) is 4.80. The summed E-state index contributed by atoms with van der Waals surface area (Å²) < 4.78 is 29.2. The number of hydrogen-bond donors (Lipinski definition) is 2. The van der Waals surface area contributed by atoms with Crippen LogP contribution in [0.4, 0.5) is 14.5 Å². The summed E-state index contributed by atoms with van der Waals surface area (Å²) in [6, 6.07) is 7.09. The van der Waals surface area contributed by atoms with Crippen LogP contribution < -0.4 is 5.32 Å². The lowest BCUT2D eigenvalue weighted by Crippen LogP contribution is -2.33. The van der Waals surface area contributed by atoms with E-state index in [-0.39, 0.29) is 56.5 Å². The molecular weight excluding hydrogens is 583 g/mol. The smallest absolute Gasteiger partial charge is 0.251 e. The molecule has 206 valence electrons. The van der Waals surface area contributed by atoms with Gasteiger partial charge in [0.1, 0.15) is 10.8 Å². The third kappa shape index (κ3) is 5.19. The number of pyridine rings is 1. The van der Waals surface area contributed by atoms with E-state index in [0.717, 1.165) is 12.1 Å². The fourth-order valence-corrected chi connectivity index (χ4v) is 5.46. The maximum Gasteiger partial charge on any atom is 0.251 e. The molecule has 3 heterocycles. The van der Waals surface area contributed by atoms with Crippen LogP contribution in [-0.2, 0) is 9.59 Å². The van der Waals surface area contributed by atoms with Gasteiger partial charge in [0.15, 0.2) is 11.6 Å². The number of rotatable bonds is 2. The molecule has 2 bridgehead atoms. The molecule has 2 aliphatic rings. The summed E-state index contributed by atoms with van der Waals surface area (Å²) in [6.07, 6.45) is 5.61. The summed E-state index contributed by atoms with van der Waals surface area (Å²) in [5, 5.41) is 12.8. The molecule has 2 amide bonds. The monoisotopic (exact) mass is 603 g/mol. The number of aromatic hydroxyl groups is 1. The van der Waals surface area contributed by atoms with Gasteiger partial charge in [0.05, 0.1) is 32.7 Å². The Morgan fingerprint density at radius 1 is 1.10 bits per heavy atom. The van der Waals surface area contributed by atoms with Crippen molar-refractivity contribution in [1.29, 1.82) is 0 Å². The Morgan fingerprint density at radius 3 is 2.62 bits per heavy atom. The van der Waals surface area contributed by atoms with Gasteiger partial charge in [-0.15, -0.1) is 0 Å². The van der Waals surface area contributed by atoms with Gasteiger partial charge < -0.3 is 15.3 Å². The lowest BCUT2D eigenvalue weighted by atomic mass is 9.96. The molecule has 0 fully saturated rings. The summed E-state index contributed by atoms with van der Waals surface area (Å²) in [6.45, 7) is 1.89. The molecule has 6 nitrogen and oxygen atoms in total. The molecule has 11 heteroatoms. The molecule has 0 radical (unpaired) electrons. The van der Waals surface area contributed by atoms with Crippen LogP contribution in [-0.4, -0.2) is 33.3 Å². The number of amides is 2. The average Bonchev–Trinajstić information content (AvgIpc) is 2.93. The Bertz CT molecular complexity index is 1620. The Labute approximate surface area is 243 Å². The molecule has 5 rings (SSSR count). The number of aromatic nitrogens is 1. The maximum atomic E-state index is 14.7. The standard InChI is InChI=1S/C29H22Cl3F2N3O3/c1-14-3-2-4-22(37-10-8-16(12-23(37)38)24-20(33)6-5-18(30)26(24)34)21-11-15(7-9-35-21)17-13-19(31)28(39)25(32)27(17)36-29(14)40/h4-7,9,11-14,39H,2-3,8,10H2,1H3,(H,36,40)/b22-4+/t14-/m1/s1. The van der Waals surface area contributed by atoms with Gasteiger partial charge in [0.2, 0.25) is 5.91 Å². The van der Waals surface area contributed by atoms with Crippen LogP contribution in [0.15, 0.2) is 48.7 Å². The highest BCUT2D eigenvalue weighted by molar-refractivity contribution is 6.40. The van der Waals surface area contributed by atoms with Gasteiger partial charge in [-0.2, -0.15) is 0 Å². The number of carbonyl (C=O) groups is 2. The largest absolute Gasteiger partial charge is 0.505 e. The molecule has 2 aromatic carbocycles. The van der Waals surface area contributed by atoms with Gasteiger partial charge in [0.25, 0.3) is 5.91 Å². The van der Waals surface area contributed by atoms with Gasteiger partial charge in [-0.3, -0.25) is 14.6 Å². The lowest BCUT2D eigenvalue weighted by Gasteiger charge is -2.29. The molecule has 2 N–H and O–H groups in total. The highest BCUT2D eigenvalue weighted by Crippen LogP contribution is 2.45. The fraction of sp³-hybridized carbons (Fsp3) is 0.207. The summed E-state index contributed by atoms with van der Waals surface area (Å²) >= 11 is 18.5. The second kappa shape index (κ2) is 11.2. The predicted octanol–water partition coefficient (Wildman–Crippen LogP) is 7.72. The molecule has 0 aliphatic carbocycles. The van der Waals surface area contributed by atoms with Crippen molar-refractivity contribution < 1.29 is 23.5 Å². The molecule has 40 heavy (non-hydrogen) atoms. The van der Waals surface area contributed by atoms with E-state index >= 15 is 0 Å². The van der Waals surface area contributed by atoms with Crippen LogP contribution in [0.5, 0.6) is 5.75 Å². The Hall–Kier alpha value is -3.46. The van der Waals surface area contributed by atoms with Gasteiger partial charge >= 0.3 is 0 Å². The zero-order valence-electron chi connectivity index (χ0n) is 21.1. The second-order valence-electron chi connectivity index (χ2n) is 9.56. The number of phenols is 1. The number of halogens is 5. The van der Waals surface area contributed by atoms with E-state index < -0.39 is 23.5 Å². The SMILES string of the molecule is C[C@@H]1CC/C=C(/N2CCC(c3c(F)ccc(Cl)c3F)=CC2=O)c2cc(ccn2)-c2cc(Cl)c(O)c(Cl)c2NC1=O. The molecule has 0 unspecified atom stereocenters. The number of nitrogens with one attached hydrogen (secondary N) is 1. The number of hydrogen-bond acceptors (Lipinski definition) is 4. The van der Waals surface area contributed by atoms with E-state index in [4.69, 9.17) is 34.8 Å². The van der Waals surface area contributed by atoms with Crippen molar-refractivity contribution in [3.05, 3.63) is 86.6 Å². The second-order valence-corrected chi connectivity index (χ2v) is 10.8. The Kier molecular flexibility index (Phi) is 7.86. The van der Waals surface area contributed by atoms with E-state index in [1.807, 2.05) is 6.08 Å². The van der Waals surface area contributed by atoms with E-state index in [1.54, 1.807) is 25.3 Å². The lowest BCUT2D eigenvalue weighted by molar-refractivity contribution is -0.123. The minimum absolute atomic E-state index is 0.00313. The molecule has 1 aromatic heterocycles. The average molecular weight is 605 g/mol. The van der Waals surface area contributed by atoms with Crippen molar-refractivity contribution in [3.63, 3.8) is 0 Å². The molecule has 0 saturated carbocycles. The first-order valence-electron chi connectivity index (χ1n) is 12.4. The van der Waals surface area contributed by atoms with Crippen LogP contribution in [0.25, 0.3) is 22.4 Å². The number of anilines is 1. The minimum Gasteiger partial charge on any atom is -0.505 e. The van der Waals surface area contributed by atoms with E-state index in [1.165, 1.54) is 17.0 Å². The number of fused-ring (bicyclic) bond motifs is 4. The first kappa shape index (κ1) is 28.1. The summed E-state index contributed by atoms with van der Waals surface area (Å²) in [5.41, 5.74) is 2.06. The van der Waals surface area contributed by atoms with Crippen molar-refractivity contribution in [2.45, 2.75) is 26.2 Å². The van der Waals surface area contributed by atoms with Crippen molar-refractivity contribution in [3.8, 4) is 16.9 Å². The third-order valence-electron chi connectivity index (χ3n) is 6.98. The molecular formula is C29H22Cl3F2N3O3. The normalized spacial score (nSPS) is 19.1. The first-order chi connectivity index (χ1) is 19.1. The van der Waals surface area contributed by atoms with Gasteiger partial charge in [0, 0.05) is 30.3 Å². The van der Waals surface area contributed by atoms with Crippen molar-refractivity contribution in [1.82, 2.24) is 9.88 Å². The zero-order valence-corrected chi connectivity index (χ0v) is 23.3. The van der Waals surface area contributed by atoms with Crippen molar-refractivity contribution >= 4 is 63.6 Å². The van der Waals surface area contributed by atoms with Gasteiger partial charge in [-0.05, 0) is 60.7 Å². The number of phenolic OH excluding ortho intramolecular Hbond substituents is 1. The van der Waals surface area contributed by atoms with Crippen molar-refractivity contribution in [2.75, 3.05) is 11.9 Å². The van der Waals surface area contributed by atoms with Crippen molar-refractivity contribution in [2.24, 2.45) is 5.92 Å².